The number of carboxylic acids is 1. The minimum Gasteiger partial charge on any atom is -0.476 e. The van der Waals surface area contributed by atoms with Gasteiger partial charge < -0.3 is 5.11 Å². The van der Waals surface area contributed by atoms with Crippen molar-refractivity contribution in [3.8, 4) is 0 Å². The summed E-state index contributed by atoms with van der Waals surface area (Å²) in [6.07, 6.45) is 4.14. The lowest BCUT2D eigenvalue weighted by molar-refractivity contribution is -0.134. The van der Waals surface area contributed by atoms with Gasteiger partial charge in [0.1, 0.15) is 0 Å². The van der Waals surface area contributed by atoms with E-state index in [0.717, 1.165) is 19.3 Å². The summed E-state index contributed by atoms with van der Waals surface area (Å²) in [5.74, 6) is -1.75. The van der Waals surface area contributed by atoms with Gasteiger partial charge in [-0.3, -0.25) is 0 Å². The van der Waals surface area contributed by atoms with Crippen LogP contribution in [0.5, 0.6) is 0 Å². The smallest absolute Gasteiger partial charge is 0.364 e. The SMILES string of the molecule is CCC(C)(C)C1CCC(=C(F)C(=O)O)CC1. The van der Waals surface area contributed by atoms with Gasteiger partial charge in [-0.2, -0.15) is 4.39 Å². The van der Waals surface area contributed by atoms with Crippen LogP contribution in [0.25, 0.3) is 0 Å². The molecule has 1 N–H and O–H groups in total. The first-order valence-electron chi connectivity index (χ1n) is 5.99. The summed E-state index contributed by atoms with van der Waals surface area (Å²) in [5.41, 5.74) is 0.779. The van der Waals surface area contributed by atoms with Crippen molar-refractivity contribution in [2.75, 3.05) is 0 Å². The molecule has 1 saturated carbocycles. The second-order valence-corrected chi connectivity index (χ2v) is 5.34. The maximum Gasteiger partial charge on any atom is 0.364 e. The highest BCUT2D eigenvalue weighted by Crippen LogP contribution is 2.42. The van der Waals surface area contributed by atoms with Crippen molar-refractivity contribution in [1.82, 2.24) is 0 Å². The van der Waals surface area contributed by atoms with Crippen LogP contribution in [0, 0.1) is 11.3 Å². The van der Waals surface area contributed by atoms with E-state index in [1.54, 1.807) is 0 Å². The van der Waals surface area contributed by atoms with Crippen molar-refractivity contribution in [3.05, 3.63) is 11.4 Å². The van der Waals surface area contributed by atoms with Crippen molar-refractivity contribution in [2.24, 2.45) is 11.3 Å². The quantitative estimate of drug-likeness (QED) is 0.743. The second kappa shape index (κ2) is 4.98. The van der Waals surface area contributed by atoms with Gasteiger partial charge in [-0.15, -0.1) is 0 Å². The van der Waals surface area contributed by atoms with E-state index in [0.29, 0.717) is 24.3 Å². The highest BCUT2D eigenvalue weighted by Gasteiger charge is 2.31. The maximum absolute atomic E-state index is 13.2. The van der Waals surface area contributed by atoms with Gasteiger partial charge in [0.2, 0.25) is 5.83 Å². The molecule has 1 rings (SSSR count). The fraction of sp³-hybridized carbons (Fsp3) is 0.769. The molecule has 0 atom stereocenters. The molecular weight excluding hydrogens is 207 g/mol. The maximum atomic E-state index is 13.2. The molecule has 0 unspecified atom stereocenters. The molecule has 0 aromatic rings. The zero-order valence-electron chi connectivity index (χ0n) is 10.3. The number of allylic oxidation sites excluding steroid dienone is 1. The minimum absolute atomic E-state index is 0.283. The van der Waals surface area contributed by atoms with Crippen LogP contribution in [0.3, 0.4) is 0 Å². The molecule has 16 heavy (non-hydrogen) atoms. The number of carboxylic acid groups (broad SMARTS) is 1. The van der Waals surface area contributed by atoms with E-state index in [4.69, 9.17) is 5.11 Å². The lowest BCUT2D eigenvalue weighted by atomic mass is 9.69. The number of halogens is 1. The predicted octanol–water partition coefficient (Wildman–Crippen LogP) is 3.92. The van der Waals surface area contributed by atoms with E-state index < -0.39 is 11.8 Å². The summed E-state index contributed by atoms with van der Waals surface area (Å²) < 4.78 is 13.2. The molecule has 2 nitrogen and oxygen atoms in total. The van der Waals surface area contributed by atoms with Crippen LogP contribution < -0.4 is 0 Å². The number of carbonyl (C=O) groups is 1. The number of rotatable bonds is 3. The molecule has 0 aromatic heterocycles. The largest absolute Gasteiger partial charge is 0.476 e. The highest BCUT2D eigenvalue weighted by molar-refractivity contribution is 5.84. The summed E-state index contributed by atoms with van der Waals surface area (Å²) in [6, 6.07) is 0. The first kappa shape index (κ1) is 13.2. The average molecular weight is 228 g/mol. The Morgan fingerprint density at radius 3 is 2.31 bits per heavy atom. The predicted molar refractivity (Wildman–Crippen MR) is 61.8 cm³/mol. The summed E-state index contributed by atoms with van der Waals surface area (Å²) in [7, 11) is 0. The number of aliphatic carboxylic acids is 1. The highest BCUT2D eigenvalue weighted by atomic mass is 19.1. The lowest BCUT2D eigenvalue weighted by Crippen LogP contribution is -2.26. The standard InChI is InChI=1S/C13H21FO2/c1-4-13(2,3)10-7-5-9(6-8-10)11(14)12(15)16/h10H,4-8H2,1-3H3,(H,15,16). The normalized spacial score (nSPS) is 22.0. The third-order valence-corrected chi connectivity index (χ3v) is 4.10. The fourth-order valence-corrected chi connectivity index (χ4v) is 2.41. The Morgan fingerprint density at radius 2 is 1.94 bits per heavy atom. The van der Waals surface area contributed by atoms with E-state index in [9.17, 15) is 9.18 Å². The summed E-state index contributed by atoms with van der Waals surface area (Å²) in [4.78, 5) is 10.5. The van der Waals surface area contributed by atoms with Gasteiger partial charge in [0.05, 0.1) is 0 Å². The third kappa shape index (κ3) is 2.83. The van der Waals surface area contributed by atoms with Crippen molar-refractivity contribution in [1.29, 1.82) is 0 Å². The van der Waals surface area contributed by atoms with Crippen LogP contribution in [0.4, 0.5) is 4.39 Å². The zero-order valence-corrected chi connectivity index (χ0v) is 10.3. The Balaban J connectivity index is 2.65. The molecule has 0 aromatic carbocycles. The Labute approximate surface area is 96.5 Å². The van der Waals surface area contributed by atoms with Crippen LogP contribution in [0.1, 0.15) is 52.9 Å². The van der Waals surface area contributed by atoms with Crippen molar-refractivity contribution >= 4 is 5.97 Å². The summed E-state index contributed by atoms with van der Waals surface area (Å²) >= 11 is 0. The van der Waals surface area contributed by atoms with Gasteiger partial charge in [0, 0.05) is 0 Å². The molecule has 92 valence electrons. The number of hydrogen-bond acceptors (Lipinski definition) is 1. The Kier molecular flexibility index (Phi) is 4.11. The molecular formula is C13H21FO2. The topological polar surface area (TPSA) is 37.3 Å². The van der Waals surface area contributed by atoms with Crippen LogP contribution >= 0.6 is 0 Å². The van der Waals surface area contributed by atoms with Crippen LogP contribution in [-0.4, -0.2) is 11.1 Å². The fourth-order valence-electron chi connectivity index (χ4n) is 2.41. The Bertz CT molecular complexity index is 295. The van der Waals surface area contributed by atoms with Gasteiger partial charge in [-0.1, -0.05) is 27.2 Å². The molecule has 1 aliphatic carbocycles. The van der Waals surface area contributed by atoms with Crippen molar-refractivity contribution < 1.29 is 14.3 Å². The molecule has 0 amide bonds. The molecule has 0 bridgehead atoms. The van der Waals surface area contributed by atoms with E-state index >= 15 is 0 Å². The zero-order chi connectivity index (χ0) is 12.3. The molecule has 0 saturated heterocycles. The van der Waals surface area contributed by atoms with Gasteiger partial charge in [0.25, 0.3) is 0 Å². The van der Waals surface area contributed by atoms with E-state index in [-0.39, 0.29) is 5.41 Å². The molecule has 3 heteroatoms. The van der Waals surface area contributed by atoms with Crippen LogP contribution in [0.15, 0.2) is 11.4 Å². The van der Waals surface area contributed by atoms with Crippen LogP contribution in [-0.2, 0) is 4.79 Å². The van der Waals surface area contributed by atoms with Gasteiger partial charge in [-0.05, 0) is 42.6 Å². The molecule has 0 spiro atoms. The van der Waals surface area contributed by atoms with E-state index in [1.165, 1.54) is 0 Å². The first-order chi connectivity index (χ1) is 7.38. The second-order valence-electron chi connectivity index (χ2n) is 5.34. The van der Waals surface area contributed by atoms with Crippen LogP contribution in [0.2, 0.25) is 0 Å². The summed E-state index contributed by atoms with van der Waals surface area (Å²) in [5, 5.41) is 8.57. The lowest BCUT2D eigenvalue weighted by Gasteiger charge is -2.37. The third-order valence-electron chi connectivity index (χ3n) is 4.10. The molecule has 1 fully saturated rings. The first-order valence-corrected chi connectivity index (χ1v) is 5.99. The summed E-state index contributed by atoms with van der Waals surface area (Å²) in [6.45, 7) is 6.64. The van der Waals surface area contributed by atoms with E-state index in [2.05, 4.69) is 20.8 Å². The van der Waals surface area contributed by atoms with E-state index in [1.807, 2.05) is 0 Å². The van der Waals surface area contributed by atoms with Crippen molar-refractivity contribution in [2.45, 2.75) is 52.9 Å². The van der Waals surface area contributed by atoms with Gasteiger partial charge in [0.15, 0.2) is 0 Å². The molecule has 0 aliphatic heterocycles. The molecule has 0 heterocycles. The molecule has 1 aliphatic rings. The number of hydrogen-bond donors (Lipinski definition) is 1. The minimum atomic E-state index is -1.41. The van der Waals surface area contributed by atoms with Gasteiger partial charge >= 0.3 is 5.97 Å². The monoisotopic (exact) mass is 228 g/mol. The Morgan fingerprint density at radius 1 is 1.44 bits per heavy atom. The van der Waals surface area contributed by atoms with Crippen molar-refractivity contribution in [3.63, 3.8) is 0 Å². The average Bonchev–Trinajstić information content (AvgIpc) is 2.28. The van der Waals surface area contributed by atoms with Gasteiger partial charge in [-0.25, -0.2) is 4.79 Å². The Hall–Kier alpha value is -0.860. The molecule has 0 radical (unpaired) electrons.